The highest BCUT2D eigenvalue weighted by Crippen LogP contribution is 2.30. The highest BCUT2D eigenvalue weighted by atomic mass is 79.9. The molecule has 1 aromatic carbocycles. The molecule has 1 aliphatic rings. The van der Waals surface area contributed by atoms with Crippen LogP contribution in [-0.4, -0.2) is 41.8 Å². The highest BCUT2D eigenvalue weighted by molar-refractivity contribution is 9.10. The summed E-state index contributed by atoms with van der Waals surface area (Å²) in [4.78, 5) is 16.4. The van der Waals surface area contributed by atoms with Crippen LogP contribution in [0.2, 0.25) is 0 Å². The number of piperazine rings is 1. The Morgan fingerprint density at radius 2 is 1.95 bits per heavy atom. The molecule has 0 aliphatic carbocycles. The number of halogens is 1. The van der Waals surface area contributed by atoms with Gasteiger partial charge in [0.15, 0.2) is 0 Å². The first-order valence-electron chi connectivity index (χ1n) is 7.60. The van der Waals surface area contributed by atoms with Crippen LogP contribution in [0.4, 0.5) is 10.5 Å². The van der Waals surface area contributed by atoms with E-state index in [2.05, 4.69) is 46.8 Å². The number of carbonyl (C=O) groups is 1. The molecule has 0 atom stereocenters. The van der Waals surface area contributed by atoms with Crippen LogP contribution in [0.15, 0.2) is 28.7 Å². The minimum atomic E-state index is -0.456. The summed E-state index contributed by atoms with van der Waals surface area (Å²) in [6.07, 6.45) is -0.227. The number of ether oxygens (including phenoxy) is 1. The summed E-state index contributed by atoms with van der Waals surface area (Å²) in [5, 5.41) is 0. The van der Waals surface area contributed by atoms with Gasteiger partial charge >= 0.3 is 6.09 Å². The summed E-state index contributed by atoms with van der Waals surface area (Å²) < 4.78 is 6.56. The van der Waals surface area contributed by atoms with E-state index in [0.717, 1.165) is 11.0 Å². The molecule has 1 heterocycles. The molecule has 0 radical (unpaired) electrons. The highest BCUT2D eigenvalue weighted by Gasteiger charge is 2.37. The fourth-order valence-corrected chi connectivity index (χ4v) is 3.15. The Labute approximate surface area is 141 Å². The minimum absolute atomic E-state index is 0.143. The van der Waals surface area contributed by atoms with Crippen molar-refractivity contribution in [1.82, 2.24) is 4.90 Å². The number of benzene rings is 1. The van der Waals surface area contributed by atoms with Crippen LogP contribution in [0.3, 0.4) is 0 Å². The third kappa shape index (κ3) is 4.15. The molecule has 0 N–H and O–H groups in total. The first-order chi connectivity index (χ1) is 10.1. The summed E-state index contributed by atoms with van der Waals surface area (Å²) in [6, 6.07) is 8.28. The minimum Gasteiger partial charge on any atom is -0.444 e. The summed E-state index contributed by atoms with van der Waals surface area (Å²) in [7, 11) is 0. The molecule has 1 fully saturated rings. The second-order valence-electron chi connectivity index (χ2n) is 7.35. The van der Waals surface area contributed by atoms with Gasteiger partial charge in [0.2, 0.25) is 0 Å². The molecule has 1 aliphatic heterocycles. The molecule has 1 saturated heterocycles. The van der Waals surface area contributed by atoms with Gasteiger partial charge in [0.1, 0.15) is 5.60 Å². The van der Waals surface area contributed by atoms with Gasteiger partial charge in [0.05, 0.1) is 5.54 Å². The van der Waals surface area contributed by atoms with Gasteiger partial charge in [0, 0.05) is 29.8 Å². The topological polar surface area (TPSA) is 32.8 Å². The predicted molar refractivity (Wildman–Crippen MR) is 93.4 cm³/mol. The molecule has 1 aromatic rings. The van der Waals surface area contributed by atoms with Crippen molar-refractivity contribution in [2.24, 2.45) is 0 Å². The average molecular weight is 369 g/mol. The molecule has 5 heteroatoms. The van der Waals surface area contributed by atoms with Crippen molar-refractivity contribution in [1.29, 1.82) is 0 Å². The Morgan fingerprint density at radius 3 is 2.50 bits per heavy atom. The van der Waals surface area contributed by atoms with Gasteiger partial charge in [-0.25, -0.2) is 4.79 Å². The van der Waals surface area contributed by atoms with Gasteiger partial charge in [-0.3, -0.25) is 0 Å². The molecule has 0 saturated carbocycles. The molecule has 1 amide bonds. The number of anilines is 1. The SMILES string of the molecule is CC(C)(C)OC(=O)N1CCN(c2cccc(Br)c2)C(C)(C)C1. The Kier molecular flexibility index (Phi) is 4.76. The number of hydrogen-bond acceptors (Lipinski definition) is 3. The summed E-state index contributed by atoms with van der Waals surface area (Å²) >= 11 is 3.52. The molecule has 0 unspecified atom stereocenters. The summed E-state index contributed by atoms with van der Waals surface area (Å²) in [6.45, 7) is 12.1. The lowest BCUT2D eigenvalue weighted by Gasteiger charge is -2.48. The van der Waals surface area contributed by atoms with Crippen LogP contribution >= 0.6 is 15.9 Å². The maximum atomic E-state index is 12.3. The first-order valence-corrected chi connectivity index (χ1v) is 8.39. The number of amides is 1. The molecule has 0 bridgehead atoms. The van der Waals surface area contributed by atoms with E-state index >= 15 is 0 Å². The second-order valence-corrected chi connectivity index (χ2v) is 8.26. The van der Waals surface area contributed by atoms with E-state index < -0.39 is 5.60 Å². The van der Waals surface area contributed by atoms with Gasteiger partial charge in [-0.15, -0.1) is 0 Å². The fourth-order valence-electron chi connectivity index (χ4n) is 2.76. The monoisotopic (exact) mass is 368 g/mol. The van der Waals surface area contributed by atoms with Crippen LogP contribution in [0, 0.1) is 0 Å². The zero-order valence-electron chi connectivity index (χ0n) is 14.0. The van der Waals surface area contributed by atoms with Crippen LogP contribution in [0.25, 0.3) is 0 Å². The van der Waals surface area contributed by atoms with E-state index in [-0.39, 0.29) is 11.6 Å². The maximum Gasteiger partial charge on any atom is 0.410 e. The number of hydrogen-bond donors (Lipinski definition) is 0. The molecular formula is C17H25BrN2O2. The molecule has 0 aromatic heterocycles. The number of rotatable bonds is 1. The van der Waals surface area contributed by atoms with E-state index in [0.29, 0.717) is 13.1 Å². The average Bonchev–Trinajstić information content (AvgIpc) is 2.35. The molecule has 0 spiro atoms. The summed E-state index contributed by atoms with van der Waals surface area (Å²) in [5.74, 6) is 0. The standard InChI is InChI=1S/C17H25BrN2O2/c1-16(2,3)22-15(21)19-9-10-20(17(4,5)12-19)14-8-6-7-13(18)11-14/h6-8,11H,9-10,12H2,1-5H3. The molecule has 122 valence electrons. The van der Waals surface area contributed by atoms with E-state index in [9.17, 15) is 4.79 Å². The zero-order chi connectivity index (χ0) is 16.5. The van der Waals surface area contributed by atoms with E-state index in [1.54, 1.807) is 4.90 Å². The normalized spacial score (nSPS) is 18.3. The van der Waals surface area contributed by atoms with Gasteiger partial charge in [0.25, 0.3) is 0 Å². The van der Waals surface area contributed by atoms with E-state index in [4.69, 9.17) is 4.74 Å². The molecule has 4 nitrogen and oxygen atoms in total. The summed E-state index contributed by atoms with van der Waals surface area (Å²) in [5.41, 5.74) is 0.571. The van der Waals surface area contributed by atoms with Crippen molar-refractivity contribution >= 4 is 27.7 Å². The van der Waals surface area contributed by atoms with Crippen molar-refractivity contribution in [2.45, 2.75) is 45.8 Å². The van der Waals surface area contributed by atoms with Gasteiger partial charge in [-0.05, 0) is 52.8 Å². The number of nitrogens with zero attached hydrogens (tertiary/aromatic N) is 2. The van der Waals surface area contributed by atoms with Crippen LogP contribution in [0.1, 0.15) is 34.6 Å². The Bertz CT molecular complexity index is 552. The predicted octanol–water partition coefficient (Wildman–Crippen LogP) is 4.28. The first kappa shape index (κ1) is 17.1. The fraction of sp³-hybridized carbons (Fsp3) is 0.588. The van der Waals surface area contributed by atoms with Gasteiger partial charge < -0.3 is 14.5 Å². The van der Waals surface area contributed by atoms with Crippen molar-refractivity contribution in [3.63, 3.8) is 0 Å². The van der Waals surface area contributed by atoms with Crippen molar-refractivity contribution in [2.75, 3.05) is 24.5 Å². The lowest BCUT2D eigenvalue weighted by molar-refractivity contribution is 0.0179. The Hall–Kier alpha value is -1.23. The van der Waals surface area contributed by atoms with Crippen molar-refractivity contribution in [3.8, 4) is 0 Å². The Balaban J connectivity index is 2.11. The van der Waals surface area contributed by atoms with Crippen molar-refractivity contribution < 1.29 is 9.53 Å². The number of carbonyl (C=O) groups excluding carboxylic acids is 1. The maximum absolute atomic E-state index is 12.3. The van der Waals surface area contributed by atoms with E-state index in [1.807, 2.05) is 32.9 Å². The third-order valence-electron chi connectivity index (χ3n) is 3.67. The molecule has 2 rings (SSSR count). The Morgan fingerprint density at radius 1 is 1.27 bits per heavy atom. The van der Waals surface area contributed by atoms with E-state index in [1.165, 1.54) is 5.69 Å². The largest absolute Gasteiger partial charge is 0.444 e. The smallest absolute Gasteiger partial charge is 0.410 e. The lowest BCUT2D eigenvalue weighted by Crippen LogP contribution is -2.61. The quantitative estimate of drug-likeness (QED) is 0.741. The second kappa shape index (κ2) is 6.11. The van der Waals surface area contributed by atoms with Crippen LogP contribution in [-0.2, 0) is 4.74 Å². The third-order valence-corrected chi connectivity index (χ3v) is 4.17. The van der Waals surface area contributed by atoms with Crippen LogP contribution in [0.5, 0.6) is 0 Å². The van der Waals surface area contributed by atoms with Gasteiger partial charge in [-0.1, -0.05) is 22.0 Å². The molecular weight excluding hydrogens is 344 g/mol. The van der Waals surface area contributed by atoms with Crippen molar-refractivity contribution in [3.05, 3.63) is 28.7 Å². The zero-order valence-corrected chi connectivity index (χ0v) is 15.6. The lowest BCUT2D eigenvalue weighted by atomic mass is 9.98. The van der Waals surface area contributed by atoms with Gasteiger partial charge in [-0.2, -0.15) is 0 Å². The van der Waals surface area contributed by atoms with Crippen LogP contribution < -0.4 is 4.90 Å². The molecule has 22 heavy (non-hydrogen) atoms.